The molecule has 0 aliphatic heterocycles. The number of Topliss-reactive ketones (excluding diaryl/α,β-unsaturated/α-hetero) is 1. The van der Waals surface area contributed by atoms with Gasteiger partial charge in [-0.2, -0.15) is 0 Å². The Morgan fingerprint density at radius 3 is 2.67 bits per heavy atom. The highest BCUT2D eigenvalue weighted by Gasteiger charge is 2.26. The van der Waals surface area contributed by atoms with Gasteiger partial charge in [-0.05, 0) is 12.8 Å². The number of ketones is 1. The van der Waals surface area contributed by atoms with Gasteiger partial charge in [-0.15, -0.1) is 0 Å². The Balaban J connectivity index is 2.40. The second kappa shape index (κ2) is 3.70. The number of amides is 1. The summed E-state index contributed by atoms with van der Waals surface area (Å²) in [5, 5.41) is 2.74. The second-order valence-electron chi connectivity index (χ2n) is 3.57. The first kappa shape index (κ1) is 9.23. The minimum Gasteiger partial charge on any atom is -0.346 e. The molecule has 0 aromatic carbocycles. The third kappa shape index (κ3) is 2.06. The van der Waals surface area contributed by atoms with E-state index in [4.69, 9.17) is 0 Å². The van der Waals surface area contributed by atoms with Crippen LogP contribution < -0.4 is 5.32 Å². The van der Waals surface area contributed by atoms with Crippen LogP contribution in [-0.2, 0) is 9.59 Å². The molecule has 0 aromatic heterocycles. The largest absolute Gasteiger partial charge is 0.346 e. The van der Waals surface area contributed by atoms with E-state index >= 15 is 0 Å². The average molecular weight is 169 g/mol. The molecule has 3 nitrogen and oxygen atoms in total. The standard InChI is InChI=1S/C9H15NO2/c1-6(2)9(12)10-7-4-3-5-8(7)11/h6-7H,3-5H2,1-2H3,(H,10,12). The molecule has 3 heteroatoms. The first-order valence-corrected chi connectivity index (χ1v) is 4.44. The molecule has 0 saturated heterocycles. The first-order chi connectivity index (χ1) is 5.61. The van der Waals surface area contributed by atoms with Gasteiger partial charge in [-0.25, -0.2) is 0 Å². The zero-order valence-corrected chi connectivity index (χ0v) is 7.59. The van der Waals surface area contributed by atoms with E-state index in [1.54, 1.807) is 0 Å². The topological polar surface area (TPSA) is 46.2 Å². The van der Waals surface area contributed by atoms with Gasteiger partial charge in [-0.3, -0.25) is 9.59 Å². The molecule has 1 saturated carbocycles. The number of carbonyl (C=O) groups excluding carboxylic acids is 2. The number of hydrogen-bond donors (Lipinski definition) is 1. The lowest BCUT2D eigenvalue weighted by Crippen LogP contribution is -2.39. The van der Waals surface area contributed by atoms with Gasteiger partial charge >= 0.3 is 0 Å². The zero-order chi connectivity index (χ0) is 9.14. The van der Waals surface area contributed by atoms with Gasteiger partial charge in [0, 0.05) is 12.3 Å². The summed E-state index contributed by atoms with van der Waals surface area (Å²) in [6.07, 6.45) is 2.36. The first-order valence-electron chi connectivity index (χ1n) is 4.44. The summed E-state index contributed by atoms with van der Waals surface area (Å²) in [5.41, 5.74) is 0. The smallest absolute Gasteiger partial charge is 0.223 e. The van der Waals surface area contributed by atoms with E-state index in [1.807, 2.05) is 13.8 Å². The summed E-state index contributed by atoms with van der Waals surface area (Å²) in [6, 6.07) is -0.195. The van der Waals surface area contributed by atoms with E-state index in [0.29, 0.717) is 6.42 Å². The molecule has 0 radical (unpaired) electrons. The Morgan fingerprint density at radius 1 is 1.58 bits per heavy atom. The molecule has 1 aliphatic carbocycles. The van der Waals surface area contributed by atoms with Crippen molar-refractivity contribution in [3.63, 3.8) is 0 Å². The molecule has 1 rings (SSSR count). The number of hydrogen-bond acceptors (Lipinski definition) is 2. The highest BCUT2D eigenvalue weighted by Crippen LogP contribution is 2.14. The number of nitrogens with one attached hydrogen (secondary N) is 1. The third-order valence-corrected chi connectivity index (χ3v) is 2.15. The van der Waals surface area contributed by atoms with Crippen LogP contribution in [0.15, 0.2) is 0 Å². The summed E-state index contributed by atoms with van der Waals surface area (Å²) in [4.78, 5) is 22.3. The van der Waals surface area contributed by atoms with Gasteiger partial charge in [0.05, 0.1) is 6.04 Å². The van der Waals surface area contributed by atoms with Crippen molar-refractivity contribution in [2.24, 2.45) is 5.92 Å². The molecule has 1 unspecified atom stereocenters. The summed E-state index contributed by atoms with van der Waals surface area (Å²) in [7, 11) is 0. The van der Waals surface area contributed by atoms with Crippen LogP contribution in [0.25, 0.3) is 0 Å². The van der Waals surface area contributed by atoms with Crippen molar-refractivity contribution in [3.8, 4) is 0 Å². The van der Waals surface area contributed by atoms with Crippen LogP contribution >= 0.6 is 0 Å². The number of rotatable bonds is 2. The van der Waals surface area contributed by atoms with Gasteiger partial charge in [-0.1, -0.05) is 13.8 Å². The van der Waals surface area contributed by atoms with Crippen LogP contribution in [0.4, 0.5) is 0 Å². The summed E-state index contributed by atoms with van der Waals surface area (Å²) in [6.45, 7) is 3.66. The Kier molecular flexibility index (Phi) is 2.84. The zero-order valence-electron chi connectivity index (χ0n) is 7.59. The molecule has 0 bridgehead atoms. The van der Waals surface area contributed by atoms with Gasteiger partial charge in [0.25, 0.3) is 0 Å². The molecule has 1 aliphatic rings. The molecule has 68 valence electrons. The Hall–Kier alpha value is -0.860. The number of carbonyl (C=O) groups is 2. The van der Waals surface area contributed by atoms with Crippen molar-refractivity contribution in [2.75, 3.05) is 0 Å². The van der Waals surface area contributed by atoms with Crippen LogP contribution in [0.2, 0.25) is 0 Å². The maximum atomic E-state index is 11.2. The minimum atomic E-state index is -0.195. The fraction of sp³-hybridized carbons (Fsp3) is 0.778. The lowest BCUT2D eigenvalue weighted by molar-refractivity contribution is -0.128. The van der Waals surface area contributed by atoms with Crippen molar-refractivity contribution in [1.29, 1.82) is 0 Å². The fourth-order valence-electron chi connectivity index (χ4n) is 1.31. The molecule has 1 fully saturated rings. The highest BCUT2D eigenvalue weighted by molar-refractivity contribution is 5.90. The Labute approximate surface area is 72.5 Å². The summed E-state index contributed by atoms with van der Waals surface area (Å²) < 4.78 is 0. The maximum Gasteiger partial charge on any atom is 0.223 e. The lowest BCUT2D eigenvalue weighted by atomic mass is 10.1. The average Bonchev–Trinajstić information content (AvgIpc) is 2.36. The van der Waals surface area contributed by atoms with Crippen LogP contribution in [0, 0.1) is 5.92 Å². The molecule has 0 spiro atoms. The molecule has 12 heavy (non-hydrogen) atoms. The van der Waals surface area contributed by atoms with Crippen molar-refractivity contribution >= 4 is 11.7 Å². The fourth-order valence-corrected chi connectivity index (χ4v) is 1.31. The van der Waals surface area contributed by atoms with Gasteiger partial charge in [0.15, 0.2) is 5.78 Å². The maximum absolute atomic E-state index is 11.2. The third-order valence-electron chi connectivity index (χ3n) is 2.15. The van der Waals surface area contributed by atoms with E-state index in [0.717, 1.165) is 12.8 Å². The molecule has 1 atom stereocenters. The minimum absolute atomic E-state index is 0.0183. The van der Waals surface area contributed by atoms with Crippen LogP contribution in [0.1, 0.15) is 33.1 Å². The SMILES string of the molecule is CC(C)C(=O)NC1CCCC1=O. The van der Waals surface area contributed by atoms with E-state index in [1.165, 1.54) is 0 Å². The summed E-state index contributed by atoms with van der Waals surface area (Å²) >= 11 is 0. The normalized spacial score (nSPS) is 23.2. The second-order valence-corrected chi connectivity index (χ2v) is 3.57. The monoisotopic (exact) mass is 169 g/mol. The molecule has 1 N–H and O–H groups in total. The van der Waals surface area contributed by atoms with Crippen LogP contribution in [0.3, 0.4) is 0 Å². The van der Waals surface area contributed by atoms with Gasteiger partial charge in [0.1, 0.15) is 0 Å². The van der Waals surface area contributed by atoms with E-state index < -0.39 is 0 Å². The molecule has 1 amide bonds. The van der Waals surface area contributed by atoms with Crippen molar-refractivity contribution in [2.45, 2.75) is 39.2 Å². The van der Waals surface area contributed by atoms with Crippen LogP contribution in [-0.4, -0.2) is 17.7 Å². The van der Waals surface area contributed by atoms with E-state index in [9.17, 15) is 9.59 Å². The molecule has 0 aromatic rings. The van der Waals surface area contributed by atoms with Gasteiger partial charge < -0.3 is 5.32 Å². The molecular weight excluding hydrogens is 154 g/mol. The Bertz CT molecular complexity index is 199. The predicted octanol–water partition coefficient (Wildman–Crippen LogP) is 0.880. The molecular formula is C9H15NO2. The predicted molar refractivity (Wildman–Crippen MR) is 45.6 cm³/mol. The van der Waals surface area contributed by atoms with Gasteiger partial charge in [0.2, 0.25) is 5.91 Å². The van der Waals surface area contributed by atoms with Crippen molar-refractivity contribution in [3.05, 3.63) is 0 Å². The molecule has 0 heterocycles. The quantitative estimate of drug-likeness (QED) is 0.667. The van der Waals surface area contributed by atoms with Crippen LogP contribution in [0.5, 0.6) is 0 Å². The summed E-state index contributed by atoms with van der Waals surface area (Å²) in [5.74, 6) is 0.137. The Morgan fingerprint density at radius 2 is 2.25 bits per heavy atom. The van der Waals surface area contributed by atoms with E-state index in [-0.39, 0.29) is 23.7 Å². The van der Waals surface area contributed by atoms with Crippen molar-refractivity contribution < 1.29 is 9.59 Å². The lowest BCUT2D eigenvalue weighted by Gasteiger charge is -2.12. The van der Waals surface area contributed by atoms with E-state index in [2.05, 4.69) is 5.32 Å². The highest BCUT2D eigenvalue weighted by atomic mass is 16.2. The van der Waals surface area contributed by atoms with Crippen molar-refractivity contribution in [1.82, 2.24) is 5.32 Å².